The molecule has 0 unspecified atom stereocenters. The lowest BCUT2D eigenvalue weighted by Crippen LogP contribution is -2.40. The first-order valence-corrected chi connectivity index (χ1v) is 9.47. The van der Waals surface area contributed by atoms with Gasteiger partial charge in [-0.1, -0.05) is 6.07 Å². The fraction of sp³-hybridized carbons (Fsp3) is 0.190. The van der Waals surface area contributed by atoms with E-state index in [4.69, 9.17) is 36.5 Å². The van der Waals surface area contributed by atoms with E-state index in [0.29, 0.717) is 22.6 Å². The molecule has 0 saturated heterocycles. The van der Waals surface area contributed by atoms with Gasteiger partial charge in [0, 0.05) is 5.56 Å². The van der Waals surface area contributed by atoms with Gasteiger partial charge in [0.1, 0.15) is 12.4 Å². The fourth-order valence-electron chi connectivity index (χ4n) is 2.32. The van der Waals surface area contributed by atoms with Gasteiger partial charge < -0.3 is 31.7 Å². The Labute approximate surface area is 196 Å². The molecule has 2 rings (SSSR count). The second kappa shape index (κ2) is 13.0. The molecule has 1 atom stereocenters. The molecule has 0 heterocycles. The number of aliphatic imine (C=N–C) groups is 1. The number of amides is 1. The van der Waals surface area contributed by atoms with Crippen molar-refractivity contribution in [3.8, 4) is 11.8 Å². The maximum absolute atomic E-state index is 12.4. The average molecular weight is 495 g/mol. The van der Waals surface area contributed by atoms with Crippen molar-refractivity contribution in [2.75, 3.05) is 6.61 Å². The summed E-state index contributed by atoms with van der Waals surface area (Å²) in [6.45, 7) is -0.0704. The molecule has 7 N–H and O–H groups in total. The fourth-order valence-corrected chi connectivity index (χ4v) is 2.32. The molecule has 2 aromatic carbocycles. The Hall–Kier alpha value is -4.80. The number of nitrogens with zero attached hydrogens (tertiary/aromatic N) is 2. The van der Waals surface area contributed by atoms with Gasteiger partial charge in [-0.3, -0.25) is 9.59 Å². The van der Waals surface area contributed by atoms with Crippen LogP contribution in [0.15, 0.2) is 53.5 Å². The van der Waals surface area contributed by atoms with Crippen molar-refractivity contribution in [3.63, 3.8) is 0 Å². The van der Waals surface area contributed by atoms with Gasteiger partial charge in [-0.2, -0.15) is 18.4 Å². The van der Waals surface area contributed by atoms with E-state index in [1.165, 1.54) is 18.2 Å². The number of rotatable bonds is 8. The molecule has 35 heavy (non-hydrogen) atoms. The lowest BCUT2D eigenvalue weighted by molar-refractivity contribution is -0.192. The van der Waals surface area contributed by atoms with E-state index in [0.717, 1.165) is 0 Å². The molecule has 2 aromatic rings. The lowest BCUT2D eigenvalue weighted by Gasteiger charge is -2.18. The zero-order valence-corrected chi connectivity index (χ0v) is 17.8. The summed E-state index contributed by atoms with van der Waals surface area (Å²) >= 11 is 0. The molecule has 11 nitrogen and oxygen atoms in total. The van der Waals surface area contributed by atoms with Crippen LogP contribution in [0.2, 0.25) is 0 Å². The van der Waals surface area contributed by atoms with Crippen molar-refractivity contribution < 1.29 is 42.5 Å². The summed E-state index contributed by atoms with van der Waals surface area (Å²) in [7, 11) is 0. The normalized spacial score (nSPS) is 11.0. The summed E-state index contributed by atoms with van der Waals surface area (Å²) in [5.74, 6) is -3.99. The van der Waals surface area contributed by atoms with Crippen molar-refractivity contribution in [1.29, 1.82) is 5.26 Å². The van der Waals surface area contributed by atoms with Crippen molar-refractivity contribution in [2.24, 2.45) is 16.5 Å². The molecule has 0 fully saturated rings. The van der Waals surface area contributed by atoms with E-state index in [1.54, 1.807) is 30.3 Å². The minimum Gasteiger partial charge on any atom is -0.491 e. The monoisotopic (exact) mass is 495 g/mol. The van der Waals surface area contributed by atoms with E-state index in [1.807, 2.05) is 6.07 Å². The van der Waals surface area contributed by atoms with Crippen LogP contribution in [0.4, 0.5) is 18.9 Å². The minimum absolute atomic E-state index is 0.0704. The molecule has 0 aliphatic rings. The smallest absolute Gasteiger partial charge is 0.490 e. The first kappa shape index (κ1) is 28.2. The topological polar surface area (TPSA) is 201 Å². The number of hydrogen-bond acceptors (Lipinski definition) is 6. The molecule has 0 bridgehead atoms. The van der Waals surface area contributed by atoms with Gasteiger partial charge in [0.05, 0.1) is 29.8 Å². The SMILES string of the molecule is N#Cc1cccc(OC[C@@H](CC(=O)O)NC(=O)c2ccc(N=C(N)N)cc2)c1.O=C(O)C(F)(F)F. The van der Waals surface area contributed by atoms with Gasteiger partial charge in [0.25, 0.3) is 5.91 Å². The number of halogens is 3. The van der Waals surface area contributed by atoms with Crippen LogP contribution in [-0.4, -0.2) is 52.8 Å². The number of nitrogens with one attached hydrogen (secondary N) is 1. The second-order valence-corrected chi connectivity index (χ2v) is 6.61. The third kappa shape index (κ3) is 11.1. The largest absolute Gasteiger partial charge is 0.491 e. The third-order valence-electron chi connectivity index (χ3n) is 3.80. The number of aliphatic carboxylic acids is 2. The Morgan fingerprint density at radius 1 is 1.11 bits per heavy atom. The molecular formula is C21H20F3N5O6. The van der Waals surface area contributed by atoms with E-state index in [-0.39, 0.29) is 19.0 Å². The number of carbonyl (C=O) groups excluding carboxylic acids is 1. The third-order valence-corrected chi connectivity index (χ3v) is 3.80. The van der Waals surface area contributed by atoms with E-state index in [9.17, 15) is 22.8 Å². The van der Waals surface area contributed by atoms with Crippen LogP contribution in [0.1, 0.15) is 22.3 Å². The summed E-state index contributed by atoms with van der Waals surface area (Å²) in [6, 6.07) is 13.8. The molecule has 0 aromatic heterocycles. The highest BCUT2D eigenvalue weighted by atomic mass is 19.4. The van der Waals surface area contributed by atoms with Crippen LogP contribution in [0.25, 0.3) is 0 Å². The molecule has 0 aliphatic carbocycles. The van der Waals surface area contributed by atoms with Gasteiger partial charge in [0.15, 0.2) is 5.96 Å². The van der Waals surface area contributed by atoms with Gasteiger partial charge in [-0.15, -0.1) is 0 Å². The van der Waals surface area contributed by atoms with Gasteiger partial charge in [-0.25, -0.2) is 9.79 Å². The highest BCUT2D eigenvalue weighted by Crippen LogP contribution is 2.15. The lowest BCUT2D eigenvalue weighted by atomic mass is 10.1. The summed E-state index contributed by atoms with van der Waals surface area (Å²) in [5.41, 5.74) is 11.8. The maximum atomic E-state index is 12.4. The Bertz CT molecular complexity index is 1110. The Kier molecular flexibility index (Phi) is 10.5. The Morgan fingerprint density at radius 2 is 1.71 bits per heavy atom. The number of hydrogen-bond donors (Lipinski definition) is 5. The zero-order valence-electron chi connectivity index (χ0n) is 17.8. The van der Waals surface area contributed by atoms with Crippen molar-refractivity contribution in [3.05, 3.63) is 59.7 Å². The van der Waals surface area contributed by atoms with Gasteiger partial charge in [0.2, 0.25) is 0 Å². The molecule has 0 aliphatic heterocycles. The van der Waals surface area contributed by atoms with Crippen molar-refractivity contribution in [2.45, 2.75) is 18.6 Å². The molecular weight excluding hydrogens is 475 g/mol. The first-order valence-electron chi connectivity index (χ1n) is 9.47. The van der Waals surface area contributed by atoms with Crippen molar-refractivity contribution >= 4 is 29.5 Å². The number of nitriles is 1. The number of carbonyl (C=O) groups is 3. The van der Waals surface area contributed by atoms with Crippen LogP contribution in [0, 0.1) is 11.3 Å². The number of benzene rings is 2. The standard InChI is InChI=1S/C19H19N5O4.C2HF3O2/c20-10-12-2-1-3-16(8-12)28-11-15(9-17(25)26)23-18(27)13-4-6-14(7-5-13)24-19(21)22;3-2(4,5)1(6)7/h1-8,15H,9,11H2,(H,23,27)(H,25,26)(H4,21,22,24);(H,6,7)/t15-;/m1./s1. The van der Waals surface area contributed by atoms with Crippen LogP contribution >= 0.6 is 0 Å². The summed E-state index contributed by atoms with van der Waals surface area (Å²) < 4.78 is 37.3. The zero-order chi connectivity index (χ0) is 26.6. The molecule has 0 spiro atoms. The van der Waals surface area contributed by atoms with Gasteiger partial charge in [-0.05, 0) is 42.5 Å². The molecule has 186 valence electrons. The molecule has 14 heteroatoms. The number of guanidine groups is 1. The van der Waals surface area contributed by atoms with Gasteiger partial charge >= 0.3 is 18.1 Å². The van der Waals surface area contributed by atoms with E-state index >= 15 is 0 Å². The van der Waals surface area contributed by atoms with Crippen LogP contribution < -0.4 is 21.5 Å². The highest BCUT2D eigenvalue weighted by Gasteiger charge is 2.38. The molecule has 0 radical (unpaired) electrons. The Balaban J connectivity index is 0.000000762. The minimum atomic E-state index is -5.08. The maximum Gasteiger partial charge on any atom is 0.490 e. The first-order chi connectivity index (χ1) is 16.3. The summed E-state index contributed by atoms with van der Waals surface area (Å²) in [6.07, 6.45) is -5.41. The molecule has 0 saturated carbocycles. The number of ether oxygens (including phenoxy) is 1. The van der Waals surface area contributed by atoms with E-state index in [2.05, 4.69) is 10.3 Å². The predicted octanol–water partition coefficient (Wildman–Crippen LogP) is 1.75. The van der Waals surface area contributed by atoms with Crippen LogP contribution in [-0.2, 0) is 9.59 Å². The summed E-state index contributed by atoms with van der Waals surface area (Å²) in [4.78, 5) is 36.2. The van der Waals surface area contributed by atoms with Crippen LogP contribution in [0.3, 0.4) is 0 Å². The quantitative estimate of drug-likeness (QED) is 0.267. The summed E-state index contributed by atoms with van der Waals surface area (Å²) in [5, 5.41) is 27.7. The molecule has 1 amide bonds. The van der Waals surface area contributed by atoms with Crippen LogP contribution in [0.5, 0.6) is 5.75 Å². The number of carboxylic acid groups (broad SMARTS) is 2. The second-order valence-electron chi connectivity index (χ2n) is 6.61. The number of alkyl halides is 3. The predicted molar refractivity (Wildman–Crippen MR) is 116 cm³/mol. The van der Waals surface area contributed by atoms with E-state index < -0.39 is 30.1 Å². The Morgan fingerprint density at radius 3 is 2.20 bits per heavy atom. The number of nitrogens with two attached hydrogens (primary N) is 2. The average Bonchev–Trinajstić information content (AvgIpc) is 2.77. The van der Waals surface area contributed by atoms with Crippen molar-refractivity contribution in [1.82, 2.24) is 5.32 Å². The highest BCUT2D eigenvalue weighted by molar-refractivity contribution is 5.95. The number of carboxylic acids is 2.